The van der Waals surface area contributed by atoms with Gasteiger partial charge in [0.15, 0.2) is 0 Å². The molecule has 0 spiro atoms. The highest BCUT2D eigenvalue weighted by molar-refractivity contribution is 5.81. The third-order valence-corrected chi connectivity index (χ3v) is 3.93. The molecule has 0 aliphatic rings. The smallest absolute Gasteiger partial charge is 0.243 e. The van der Waals surface area contributed by atoms with E-state index in [1.54, 1.807) is 6.20 Å². The molecule has 0 saturated carbocycles. The Hall–Kier alpha value is -3.28. The van der Waals surface area contributed by atoms with Crippen LogP contribution < -0.4 is 5.32 Å². The fraction of sp³-hybridized carbons (Fsp3) is 0.111. The zero-order chi connectivity index (χ0) is 16.4. The monoisotopic (exact) mass is 316 g/mol. The molecular weight excluding hydrogens is 300 g/mol. The van der Waals surface area contributed by atoms with E-state index in [1.165, 1.54) is 5.56 Å². The molecule has 2 aromatic carbocycles. The van der Waals surface area contributed by atoms with Gasteiger partial charge in [-0.1, -0.05) is 36.4 Å². The van der Waals surface area contributed by atoms with Crippen molar-refractivity contribution in [3.63, 3.8) is 0 Å². The van der Waals surface area contributed by atoms with Crippen LogP contribution in [-0.2, 0) is 0 Å². The second kappa shape index (κ2) is 6.08. The molecule has 4 aromatic rings. The number of fused-ring (bicyclic) bond motifs is 1. The predicted molar refractivity (Wildman–Crippen MR) is 93.4 cm³/mol. The van der Waals surface area contributed by atoms with E-state index < -0.39 is 0 Å². The molecule has 2 heterocycles. The van der Waals surface area contributed by atoms with Gasteiger partial charge in [0.1, 0.15) is 5.52 Å². The lowest BCUT2D eigenvalue weighted by Gasteiger charge is -2.13. The van der Waals surface area contributed by atoms with Crippen LogP contribution in [0.15, 0.2) is 60.9 Å². The van der Waals surface area contributed by atoms with Crippen molar-refractivity contribution in [3.05, 3.63) is 66.5 Å². The van der Waals surface area contributed by atoms with Crippen LogP contribution in [-0.4, -0.2) is 25.4 Å². The highest BCUT2D eigenvalue weighted by atomic mass is 15.2. The maximum Gasteiger partial charge on any atom is 0.243 e. The molecule has 6 nitrogen and oxygen atoms in total. The van der Waals surface area contributed by atoms with Crippen molar-refractivity contribution in [2.24, 2.45) is 0 Å². The summed E-state index contributed by atoms with van der Waals surface area (Å²) >= 11 is 0. The SMILES string of the molecule is C[C@@H](Nc1nnc2cc(-c3cn[nH]c3)ccc2n1)c1ccccc1. The van der Waals surface area contributed by atoms with Gasteiger partial charge < -0.3 is 5.32 Å². The molecule has 0 saturated heterocycles. The van der Waals surface area contributed by atoms with E-state index in [9.17, 15) is 0 Å². The lowest BCUT2D eigenvalue weighted by molar-refractivity contribution is 0.849. The Morgan fingerprint density at radius 2 is 1.83 bits per heavy atom. The first-order chi connectivity index (χ1) is 11.8. The van der Waals surface area contributed by atoms with Crippen LogP contribution in [0.1, 0.15) is 18.5 Å². The second-order valence-electron chi connectivity index (χ2n) is 5.60. The van der Waals surface area contributed by atoms with E-state index in [1.807, 2.05) is 42.6 Å². The van der Waals surface area contributed by atoms with E-state index in [0.717, 1.165) is 22.2 Å². The molecule has 0 fully saturated rings. The number of H-pyrrole nitrogens is 1. The molecule has 0 bridgehead atoms. The van der Waals surface area contributed by atoms with Crippen LogP contribution in [0.25, 0.3) is 22.2 Å². The van der Waals surface area contributed by atoms with E-state index in [2.05, 4.69) is 49.8 Å². The minimum Gasteiger partial charge on any atom is -0.346 e. The summed E-state index contributed by atoms with van der Waals surface area (Å²) < 4.78 is 0. The Kier molecular flexibility index (Phi) is 3.63. The molecule has 24 heavy (non-hydrogen) atoms. The quantitative estimate of drug-likeness (QED) is 0.601. The molecule has 2 N–H and O–H groups in total. The lowest BCUT2D eigenvalue weighted by atomic mass is 10.1. The lowest BCUT2D eigenvalue weighted by Crippen LogP contribution is -2.10. The zero-order valence-corrected chi connectivity index (χ0v) is 13.1. The van der Waals surface area contributed by atoms with Gasteiger partial charge in [-0.3, -0.25) is 5.10 Å². The molecule has 2 aromatic heterocycles. The maximum atomic E-state index is 4.55. The van der Waals surface area contributed by atoms with Crippen molar-refractivity contribution >= 4 is 17.0 Å². The number of hydrogen-bond donors (Lipinski definition) is 2. The number of rotatable bonds is 4. The molecule has 0 aliphatic heterocycles. The van der Waals surface area contributed by atoms with E-state index in [0.29, 0.717) is 5.95 Å². The average Bonchev–Trinajstić information content (AvgIpc) is 3.17. The highest BCUT2D eigenvalue weighted by Gasteiger charge is 2.09. The Bertz CT molecular complexity index is 950. The van der Waals surface area contributed by atoms with Crippen LogP contribution in [0.3, 0.4) is 0 Å². The molecule has 0 unspecified atom stereocenters. The summed E-state index contributed by atoms with van der Waals surface area (Å²) in [5, 5.41) is 18.6. The van der Waals surface area contributed by atoms with Crippen molar-refractivity contribution in [1.29, 1.82) is 0 Å². The Morgan fingerprint density at radius 1 is 0.958 bits per heavy atom. The first-order valence-corrected chi connectivity index (χ1v) is 7.75. The van der Waals surface area contributed by atoms with Gasteiger partial charge in [0.25, 0.3) is 0 Å². The molecule has 4 rings (SSSR count). The number of aromatic nitrogens is 5. The number of nitrogens with zero attached hydrogens (tertiary/aromatic N) is 4. The Balaban J connectivity index is 1.61. The van der Waals surface area contributed by atoms with Crippen molar-refractivity contribution in [2.45, 2.75) is 13.0 Å². The minimum atomic E-state index is 0.107. The van der Waals surface area contributed by atoms with Gasteiger partial charge in [0, 0.05) is 11.8 Å². The van der Waals surface area contributed by atoms with Gasteiger partial charge in [-0.15, -0.1) is 10.2 Å². The van der Waals surface area contributed by atoms with Gasteiger partial charge >= 0.3 is 0 Å². The third kappa shape index (κ3) is 2.81. The van der Waals surface area contributed by atoms with Crippen molar-refractivity contribution in [3.8, 4) is 11.1 Å². The van der Waals surface area contributed by atoms with Gasteiger partial charge in [-0.25, -0.2) is 4.98 Å². The van der Waals surface area contributed by atoms with Gasteiger partial charge in [-0.2, -0.15) is 5.10 Å². The summed E-state index contributed by atoms with van der Waals surface area (Å²) in [4.78, 5) is 4.55. The molecule has 0 aliphatic carbocycles. The zero-order valence-electron chi connectivity index (χ0n) is 13.1. The number of aromatic amines is 1. The topological polar surface area (TPSA) is 79.4 Å². The predicted octanol–water partition coefficient (Wildman–Crippen LogP) is 3.59. The standard InChI is InChI=1S/C18H16N6/c1-12(13-5-3-2-4-6-13)21-18-22-16-8-7-14(9-17(16)23-24-18)15-10-19-20-11-15/h2-12H,1H3,(H,19,20)(H,21,22,24)/t12-/m1/s1. The fourth-order valence-corrected chi connectivity index (χ4v) is 2.60. The van der Waals surface area contributed by atoms with E-state index in [4.69, 9.17) is 0 Å². The average molecular weight is 316 g/mol. The number of hydrogen-bond acceptors (Lipinski definition) is 5. The van der Waals surface area contributed by atoms with Gasteiger partial charge in [0.2, 0.25) is 5.95 Å². The maximum absolute atomic E-state index is 4.55. The van der Waals surface area contributed by atoms with E-state index in [-0.39, 0.29) is 6.04 Å². The summed E-state index contributed by atoms with van der Waals surface area (Å²) in [5.41, 5.74) is 4.78. The summed E-state index contributed by atoms with van der Waals surface area (Å²) in [6, 6.07) is 16.2. The minimum absolute atomic E-state index is 0.107. The van der Waals surface area contributed by atoms with Crippen molar-refractivity contribution in [2.75, 3.05) is 5.32 Å². The van der Waals surface area contributed by atoms with E-state index >= 15 is 0 Å². The van der Waals surface area contributed by atoms with Crippen LogP contribution >= 0.6 is 0 Å². The number of benzene rings is 2. The van der Waals surface area contributed by atoms with Crippen molar-refractivity contribution < 1.29 is 0 Å². The molecule has 118 valence electrons. The molecule has 0 amide bonds. The summed E-state index contributed by atoms with van der Waals surface area (Å²) in [6.45, 7) is 2.07. The van der Waals surface area contributed by atoms with Crippen LogP contribution in [0.4, 0.5) is 5.95 Å². The van der Waals surface area contributed by atoms with Gasteiger partial charge in [0.05, 0.1) is 17.8 Å². The number of nitrogens with one attached hydrogen (secondary N) is 2. The van der Waals surface area contributed by atoms with Crippen LogP contribution in [0.2, 0.25) is 0 Å². The third-order valence-electron chi connectivity index (χ3n) is 3.93. The summed E-state index contributed by atoms with van der Waals surface area (Å²) in [7, 11) is 0. The molecular formula is C18H16N6. The Labute approximate surface area is 139 Å². The van der Waals surface area contributed by atoms with Gasteiger partial charge in [-0.05, 0) is 30.2 Å². The molecule has 1 atom stereocenters. The van der Waals surface area contributed by atoms with Crippen LogP contribution in [0.5, 0.6) is 0 Å². The second-order valence-corrected chi connectivity index (χ2v) is 5.60. The van der Waals surface area contributed by atoms with Crippen LogP contribution in [0, 0.1) is 0 Å². The normalized spacial score (nSPS) is 12.2. The number of anilines is 1. The van der Waals surface area contributed by atoms with Crippen molar-refractivity contribution in [1.82, 2.24) is 25.4 Å². The first kappa shape index (κ1) is 14.3. The fourth-order valence-electron chi connectivity index (χ4n) is 2.60. The Morgan fingerprint density at radius 3 is 2.62 bits per heavy atom. The molecule has 6 heteroatoms. The highest BCUT2D eigenvalue weighted by Crippen LogP contribution is 2.22. The molecule has 0 radical (unpaired) electrons. The summed E-state index contributed by atoms with van der Waals surface area (Å²) in [5.74, 6) is 0.523. The summed E-state index contributed by atoms with van der Waals surface area (Å²) in [6.07, 6.45) is 3.62. The first-order valence-electron chi connectivity index (χ1n) is 7.75. The largest absolute Gasteiger partial charge is 0.346 e.